The first kappa shape index (κ1) is 31.8. The molecule has 33 heavy (non-hydrogen) atoms. The fourth-order valence-electron chi connectivity index (χ4n) is 2.29. The van der Waals surface area contributed by atoms with E-state index in [2.05, 4.69) is 0 Å². The van der Waals surface area contributed by atoms with Crippen molar-refractivity contribution in [3.8, 4) is 0 Å². The summed E-state index contributed by atoms with van der Waals surface area (Å²) >= 11 is 11.7. The van der Waals surface area contributed by atoms with E-state index in [0.29, 0.717) is 43.9 Å². The number of carboxylic acids is 2. The Morgan fingerprint density at radius 2 is 1.09 bits per heavy atom. The third kappa shape index (κ3) is 7.64. The number of ether oxygens (including phenoxy) is 1. The predicted molar refractivity (Wildman–Crippen MR) is 173 cm³/mol. The molecule has 2 aromatic carbocycles. The van der Waals surface area contributed by atoms with Gasteiger partial charge < -0.3 is 31.5 Å². The largest absolute Gasteiger partial charge is 0.478 e. The molecular weight excluding hydrogens is 1120 g/mol. The number of benzene rings is 2. The van der Waals surface area contributed by atoms with Gasteiger partial charge in [0, 0.05) is 32.3 Å². The fraction of sp³-hybridized carbons (Fsp3) is 0.167. The summed E-state index contributed by atoms with van der Waals surface area (Å²) in [5.41, 5.74) is 14.0. The average Bonchev–Trinajstić information content (AvgIpc) is 2.71. The third-order valence-electron chi connectivity index (χ3n) is 3.89. The molecule has 0 saturated carbocycles. The minimum absolute atomic E-state index is 0.0211. The highest BCUT2D eigenvalue weighted by atomic mass is 127. The summed E-state index contributed by atoms with van der Waals surface area (Å²) in [7, 11) is 0. The van der Waals surface area contributed by atoms with Crippen molar-refractivity contribution >= 4 is 165 Å². The molecule has 7 N–H and O–H groups in total. The Bertz CT molecular complexity index is 1140. The molecule has 0 aromatic heterocycles. The van der Waals surface area contributed by atoms with Crippen LogP contribution in [-0.4, -0.2) is 33.2 Å². The summed E-state index contributed by atoms with van der Waals surface area (Å²) in [6.45, 7) is 1.11. The molecule has 0 aliphatic heterocycles. The van der Waals surface area contributed by atoms with Crippen molar-refractivity contribution < 1.29 is 34.4 Å². The standard InChI is InChI=1S/C10H8I3NO4.C8H6I3NO3/c1-3(15)18-2-4-6(11)5(10(16)17)8(13)9(14)7(4)12;9-4-2(1-13)5(10)7(12)6(11)3(4)8(14)15/h2,14H2,1H3,(H,16,17);13H,1,12H2,(H,14,15). The fourth-order valence-corrected chi connectivity index (χ4v) is 10.2. The van der Waals surface area contributed by atoms with Crippen molar-refractivity contribution in [1.29, 1.82) is 0 Å². The van der Waals surface area contributed by atoms with Crippen LogP contribution in [0, 0.1) is 21.4 Å². The van der Waals surface area contributed by atoms with Gasteiger partial charge in [-0.3, -0.25) is 4.79 Å². The van der Waals surface area contributed by atoms with Crippen LogP contribution in [-0.2, 0) is 22.7 Å². The van der Waals surface area contributed by atoms with Gasteiger partial charge in [0.1, 0.15) is 6.61 Å². The lowest BCUT2D eigenvalue weighted by Gasteiger charge is -2.15. The molecule has 0 aliphatic carbocycles. The predicted octanol–water partition coefficient (Wildman–Crippen LogP) is 5.12. The number of aliphatic hydroxyl groups is 1. The van der Waals surface area contributed by atoms with Gasteiger partial charge in [-0.05, 0) is 136 Å². The van der Waals surface area contributed by atoms with Gasteiger partial charge in [-0.1, -0.05) is 0 Å². The monoisotopic (exact) mass is 1130 g/mol. The summed E-state index contributed by atoms with van der Waals surface area (Å²) in [6.07, 6.45) is 0. The average molecular weight is 1130 g/mol. The molecule has 180 valence electrons. The van der Waals surface area contributed by atoms with Gasteiger partial charge in [0.15, 0.2) is 0 Å². The van der Waals surface area contributed by atoms with Crippen LogP contribution in [0.3, 0.4) is 0 Å². The molecule has 0 bridgehead atoms. The zero-order chi connectivity index (χ0) is 25.8. The zero-order valence-electron chi connectivity index (χ0n) is 16.3. The van der Waals surface area contributed by atoms with E-state index in [1.807, 2.05) is 136 Å². The quantitative estimate of drug-likeness (QED) is 0.155. The molecule has 15 heteroatoms. The summed E-state index contributed by atoms with van der Waals surface area (Å²) < 4.78 is 8.46. The van der Waals surface area contributed by atoms with E-state index in [1.54, 1.807) is 0 Å². The molecule has 0 amide bonds. The first-order valence-electron chi connectivity index (χ1n) is 8.29. The van der Waals surface area contributed by atoms with Crippen LogP contribution in [0.25, 0.3) is 0 Å². The van der Waals surface area contributed by atoms with Gasteiger partial charge in [0.25, 0.3) is 0 Å². The lowest BCUT2D eigenvalue weighted by Crippen LogP contribution is -2.13. The lowest BCUT2D eigenvalue weighted by molar-refractivity contribution is -0.142. The SMILES string of the molecule is CC(=O)OCc1c(I)c(N)c(I)c(C(=O)O)c1I.Nc1c(I)c(CO)c(I)c(C(=O)O)c1I. The van der Waals surface area contributed by atoms with E-state index in [1.165, 1.54) is 6.92 Å². The van der Waals surface area contributed by atoms with Crippen LogP contribution in [0.5, 0.6) is 0 Å². The van der Waals surface area contributed by atoms with Gasteiger partial charge >= 0.3 is 17.9 Å². The Morgan fingerprint density at radius 3 is 1.42 bits per heavy atom. The Balaban J connectivity index is 0.000000335. The number of aromatic carboxylic acids is 2. The van der Waals surface area contributed by atoms with Crippen LogP contribution in [0.1, 0.15) is 38.8 Å². The van der Waals surface area contributed by atoms with Gasteiger partial charge in [-0.2, -0.15) is 0 Å². The molecule has 0 radical (unpaired) electrons. The maximum Gasteiger partial charge on any atom is 0.337 e. The van der Waals surface area contributed by atoms with E-state index in [9.17, 15) is 19.5 Å². The minimum Gasteiger partial charge on any atom is -0.478 e. The van der Waals surface area contributed by atoms with E-state index >= 15 is 0 Å². The molecule has 0 aliphatic rings. The number of carboxylic acid groups (broad SMARTS) is 2. The van der Waals surface area contributed by atoms with Crippen LogP contribution >= 0.6 is 136 Å². The molecule has 0 saturated heterocycles. The number of carbonyl (C=O) groups is 3. The van der Waals surface area contributed by atoms with E-state index < -0.39 is 17.9 Å². The van der Waals surface area contributed by atoms with Crippen molar-refractivity contribution in [2.24, 2.45) is 0 Å². The number of esters is 1. The van der Waals surface area contributed by atoms with E-state index in [-0.39, 0.29) is 24.3 Å². The van der Waals surface area contributed by atoms with Crippen molar-refractivity contribution in [2.45, 2.75) is 20.1 Å². The molecule has 0 heterocycles. The van der Waals surface area contributed by atoms with Crippen LogP contribution in [0.15, 0.2) is 0 Å². The summed E-state index contributed by atoms with van der Waals surface area (Å²) in [5.74, 6) is -2.49. The second-order valence-corrected chi connectivity index (χ2v) is 12.4. The van der Waals surface area contributed by atoms with E-state index in [0.717, 1.165) is 0 Å². The number of hydrogen-bond donors (Lipinski definition) is 5. The third-order valence-corrected chi connectivity index (χ3v) is 11.0. The number of aliphatic hydroxyl groups excluding tert-OH is 1. The van der Waals surface area contributed by atoms with Gasteiger partial charge in [-0.25, -0.2) is 9.59 Å². The van der Waals surface area contributed by atoms with Gasteiger partial charge in [-0.15, -0.1) is 0 Å². The van der Waals surface area contributed by atoms with Crippen molar-refractivity contribution in [3.63, 3.8) is 0 Å². The van der Waals surface area contributed by atoms with E-state index in [4.69, 9.17) is 26.4 Å². The van der Waals surface area contributed by atoms with Crippen molar-refractivity contribution in [3.05, 3.63) is 43.7 Å². The number of nitrogen functional groups attached to an aromatic ring is 2. The van der Waals surface area contributed by atoms with Crippen LogP contribution in [0.4, 0.5) is 11.4 Å². The molecule has 9 nitrogen and oxygen atoms in total. The smallest absolute Gasteiger partial charge is 0.337 e. The summed E-state index contributed by atoms with van der Waals surface area (Å²) in [4.78, 5) is 33.1. The number of rotatable bonds is 5. The first-order chi connectivity index (χ1) is 15.2. The van der Waals surface area contributed by atoms with Gasteiger partial charge in [0.2, 0.25) is 0 Å². The van der Waals surface area contributed by atoms with Crippen LogP contribution < -0.4 is 11.5 Å². The second kappa shape index (κ2) is 13.9. The van der Waals surface area contributed by atoms with Gasteiger partial charge in [0.05, 0.1) is 36.2 Å². The number of hydrogen-bond acceptors (Lipinski definition) is 7. The van der Waals surface area contributed by atoms with Crippen LogP contribution in [0.2, 0.25) is 0 Å². The Labute approximate surface area is 270 Å². The number of nitrogens with two attached hydrogens (primary N) is 2. The lowest BCUT2D eigenvalue weighted by atomic mass is 10.1. The molecule has 2 aromatic rings. The molecule has 0 fully saturated rings. The van der Waals surface area contributed by atoms with Crippen molar-refractivity contribution in [1.82, 2.24) is 0 Å². The zero-order valence-corrected chi connectivity index (χ0v) is 29.3. The maximum atomic E-state index is 11.2. The Kier molecular flexibility index (Phi) is 13.4. The molecule has 0 spiro atoms. The number of carbonyl (C=O) groups excluding carboxylic acids is 1. The highest BCUT2D eigenvalue weighted by Crippen LogP contribution is 2.35. The minimum atomic E-state index is -1.05. The van der Waals surface area contributed by atoms with Crippen molar-refractivity contribution in [2.75, 3.05) is 11.5 Å². The highest BCUT2D eigenvalue weighted by Gasteiger charge is 2.24. The topological polar surface area (TPSA) is 173 Å². The summed E-state index contributed by atoms with van der Waals surface area (Å²) in [6, 6.07) is 0. The molecule has 2 rings (SSSR count). The molecule has 0 atom stereocenters. The number of halogens is 6. The second-order valence-electron chi connectivity index (χ2n) is 5.97. The Morgan fingerprint density at radius 1 is 0.727 bits per heavy atom. The molecular formula is C18H14I6N2O7. The highest BCUT2D eigenvalue weighted by molar-refractivity contribution is 14.1. The Hall–Kier alpha value is 0.790. The normalized spacial score (nSPS) is 10.3. The summed E-state index contributed by atoms with van der Waals surface area (Å²) in [5, 5.41) is 27.4. The first-order valence-corrected chi connectivity index (χ1v) is 14.8. The number of anilines is 2. The maximum absolute atomic E-state index is 11.2. The molecule has 0 unspecified atom stereocenters.